The molecule has 1 aromatic carbocycles. The smallest absolute Gasteiger partial charge is 0.122 e. The van der Waals surface area contributed by atoms with E-state index in [1.54, 1.807) is 7.11 Å². The van der Waals surface area contributed by atoms with Crippen LogP contribution in [-0.4, -0.2) is 18.8 Å². The molecule has 0 radical (unpaired) electrons. The highest BCUT2D eigenvalue weighted by Gasteiger charge is 2.25. The zero-order chi connectivity index (χ0) is 14.8. The Balaban J connectivity index is 2.32. The number of aliphatic hydroxyl groups excluding tert-OH is 1. The van der Waals surface area contributed by atoms with E-state index in [0.29, 0.717) is 5.92 Å². The van der Waals surface area contributed by atoms with E-state index in [4.69, 9.17) is 4.74 Å². The van der Waals surface area contributed by atoms with Gasteiger partial charge in [0.05, 0.1) is 13.7 Å². The maximum Gasteiger partial charge on any atom is 0.122 e. The lowest BCUT2D eigenvalue weighted by atomic mass is 9.77. The average Bonchev–Trinajstić information content (AvgIpc) is 2.47. The first-order chi connectivity index (χ1) is 9.47. The third-order valence-electron chi connectivity index (χ3n) is 4.86. The topological polar surface area (TPSA) is 29.5 Å². The van der Waals surface area contributed by atoms with Crippen molar-refractivity contribution in [3.8, 4) is 5.75 Å². The van der Waals surface area contributed by atoms with Crippen molar-refractivity contribution in [1.29, 1.82) is 0 Å². The van der Waals surface area contributed by atoms with Crippen LogP contribution >= 0.6 is 0 Å². The molecule has 0 aromatic heterocycles. The first kappa shape index (κ1) is 15.4. The summed E-state index contributed by atoms with van der Waals surface area (Å²) >= 11 is 0. The van der Waals surface area contributed by atoms with Crippen molar-refractivity contribution < 1.29 is 9.84 Å². The summed E-state index contributed by atoms with van der Waals surface area (Å²) < 4.78 is 5.56. The quantitative estimate of drug-likeness (QED) is 0.890. The molecular formula is C18H28O2. The standard InChI is InChI=1S/C18H28O2/c1-13-5-7-14(8-6-13)16-11-15(18(2,3)12-19)9-10-17(16)20-4/h9-11,13-14,19H,5-8,12H2,1-4H3. The van der Waals surface area contributed by atoms with Gasteiger partial charge in [-0.05, 0) is 41.9 Å². The van der Waals surface area contributed by atoms with Gasteiger partial charge in [0.25, 0.3) is 0 Å². The number of hydrogen-bond acceptors (Lipinski definition) is 2. The van der Waals surface area contributed by atoms with E-state index < -0.39 is 0 Å². The fraction of sp³-hybridized carbons (Fsp3) is 0.667. The van der Waals surface area contributed by atoms with Gasteiger partial charge in [0, 0.05) is 5.41 Å². The van der Waals surface area contributed by atoms with Crippen LogP contribution in [0.3, 0.4) is 0 Å². The molecule has 0 saturated heterocycles. The molecule has 2 rings (SSSR count). The molecule has 1 aliphatic rings. The zero-order valence-electron chi connectivity index (χ0n) is 13.3. The van der Waals surface area contributed by atoms with E-state index in [9.17, 15) is 5.11 Å². The molecule has 0 aliphatic heterocycles. The van der Waals surface area contributed by atoms with Gasteiger partial charge in [-0.25, -0.2) is 0 Å². The summed E-state index contributed by atoms with van der Waals surface area (Å²) in [5, 5.41) is 9.58. The van der Waals surface area contributed by atoms with Gasteiger partial charge in [-0.1, -0.05) is 45.7 Å². The summed E-state index contributed by atoms with van der Waals surface area (Å²) in [7, 11) is 1.75. The lowest BCUT2D eigenvalue weighted by Crippen LogP contribution is -2.22. The normalized spacial score (nSPS) is 23.6. The van der Waals surface area contributed by atoms with Crippen molar-refractivity contribution in [2.24, 2.45) is 5.92 Å². The Kier molecular flexibility index (Phi) is 4.74. The van der Waals surface area contributed by atoms with Crippen molar-refractivity contribution in [2.75, 3.05) is 13.7 Å². The SMILES string of the molecule is COc1ccc(C(C)(C)CO)cc1C1CCC(C)CC1. The molecule has 0 bridgehead atoms. The summed E-state index contributed by atoms with van der Waals surface area (Å²) in [6.45, 7) is 6.68. The van der Waals surface area contributed by atoms with Crippen molar-refractivity contribution >= 4 is 0 Å². The number of rotatable bonds is 4. The minimum atomic E-state index is -0.191. The average molecular weight is 276 g/mol. The maximum absolute atomic E-state index is 9.58. The number of aliphatic hydroxyl groups is 1. The lowest BCUT2D eigenvalue weighted by molar-refractivity contribution is 0.218. The summed E-state index contributed by atoms with van der Waals surface area (Å²) in [5.74, 6) is 2.46. The number of methoxy groups -OCH3 is 1. The molecule has 0 heterocycles. The fourth-order valence-corrected chi connectivity index (χ4v) is 3.14. The second kappa shape index (κ2) is 6.17. The van der Waals surface area contributed by atoms with Gasteiger partial charge >= 0.3 is 0 Å². The molecule has 20 heavy (non-hydrogen) atoms. The summed E-state index contributed by atoms with van der Waals surface area (Å²) in [6, 6.07) is 6.42. The monoisotopic (exact) mass is 276 g/mol. The maximum atomic E-state index is 9.58. The Bertz CT molecular complexity index is 443. The minimum Gasteiger partial charge on any atom is -0.496 e. The van der Waals surface area contributed by atoms with Crippen molar-refractivity contribution in [2.45, 2.75) is 57.8 Å². The van der Waals surface area contributed by atoms with Crippen LogP contribution in [0, 0.1) is 5.92 Å². The summed E-state index contributed by atoms with van der Waals surface area (Å²) in [4.78, 5) is 0. The second-order valence-electron chi connectivity index (χ2n) is 6.96. The highest BCUT2D eigenvalue weighted by atomic mass is 16.5. The highest BCUT2D eigenvalue weighted by Crippen LogP contribution is 2.41. The van der Waals surface area contributed by atoms with Gasteiger partial charge in [0.15, 0.2) is 0 Å². The Morgan fingerprint density at radius 1 is 1.20 bits per heavy atom. The Morgan fingerprint density at radius 2 is 1.85 bits per heavy atom. The highest BCUT2D eigenvalue weighted by molar-refractivity contribution is 5.42. The van der Waals surface area contributed by atoms with Crippen LogP contribution in [0.25, 0.3) is 0 Å². The van der Waals surface area contributed by atoms with Crippen LogP contribution in [0.5, 0.6) is 5.75 Å². The Hall–Kier alpha value is -1.02. The van der Waals surface area contributed by atoms with Crippen LogP contribution < -0.4 is 4.74 Å². The molecule has 1 saturated carbocycles. The van der Waals surface area contributed by atoms with Gasteiger partial charge in [-0.2, -0.15) is 0 Å². The molecule has 1 fully saturated rings. The van der Waals surface area contributed by atoms with Crippen LogP contribution in [0.1, 0.15) is 63.5 Å². The number of hydrogen-bond donors (Lipinski definition) is 1. The third-order valence-corrected chi connectivity index (χ3v) is 4.86. The van der Waals surface area contributed by atoms with Gasteiger partial charge in [-0.3, -0.25) is 0 Å². The minimum absolute atomic E-state index is 0.167. The van der Waals surface area contributed by atoms with Gasteiger partial charge in [0.1, 0.15) is 5.75 Å². The van der Waals surface area contributed by atoms with E-state index >= 15 is 0 Å². The van der Waals surface area contributed by atoms with Crippen LogP contribution in [0.2, 0.25) is 0 Å². The zero-order valence-corrected chi connectivity index (χ0v) is 13.3. The first-order valence-corrected chi connectivity index (χ1v) is 7.77. The molecule has 0 unspecified atom stereocenters. The van der Waals surface area contributed by atoms with Crippen LogP contribution in [-0.2, 0) is 5.41 Å². The van der Waals surface area contributed by atoms with E-state index in [2.05, 4.69) is 39.0 Å². The van der Waals surface area contributed by atoms with E-state index in [0.717, 1.165) is 11.7 Å². The Morgan fingerprint density at radius 3 is 2.40 bits per heavy atom. The predicted molar refractivity (Wildman–Crippen MR) is 83.5 cm³/mol. The van der Waals surface area contributed by atoms with E-state index in [1.807, 2.05) is 0 Å². The van der Waals surface area contributed by atoms with Crippen molar-refractivity contribution in [3.63, 3.8) is 0 Å². The third kappa shape index (κ3) is 3.17. The molecule has 1 N–H and O–H groups in total. The molecule has 0 spiro atoms. The fourth-order valence-electron chi connectivity index (χ4n) is 3.14. The first-order valence-electron chi connectivity index (χ1n) is 7.77. The molecule has 2 heteroatoms. The van der Waals surface area contributed by atoms with Crippen LogP contribution in [0.4, 0.5) is 0 Å². The molecule has 1 aromatic rings. The lowest BCUT2D eigenvalue weighted by Gasteiger charge is -2.30. The van der Waals surface area contributed by atoms with Gasteiger partial charge in [-0.15, -0.1) is 0 Å². The van der Waals surface area contributed by atoms with E-state index in [-0.39, 0.29) is 12.0 Å². The Labute approximate surface area is 123 Å². The molecule has 2 nitrogen and oxygen atoms in total. The van der Waals surface area contributed by atoms with Crippen molar-refractivity contribution in [1.82, 2.24) is 0 Å². The molecular weight excluding hydrogens is 248 g/mol. The predicted octanol–water partition coefficient (Wildman–Crippen LogP) is 4.26. The number of ether oxygens (including phenoxy) is 1. The second-order valence-corrected chi connectivity index (χ2v) is 6.96. The van der Waals surface area contributed by atoms with E-state index in [1.165, 1.54) is 36.8 Å². The van der Waals surface area contributed by atoms with Crippen molar-refractivity contribution in [3.05, 3.63) is 29.3 Å². The van der Waals surface area contributed by atoms with Gasteiger partial charge < -0.3 is 9.84 Å². The van der Waals surface area contributed by atoms with Gasteiger partial charge in [0.2, 0.25) is 0 Å². The molecule has 112 valence electrons. The molecule has 0 atom stereocenters. The summed E-state index contributed by atoms with van der Waals surface area (Å²) in [6.07, 6.45) is 5.12. The largest absolute Gasteiger partial charge is 0.496 e. The van der Waals surface area contributed by atoms with Crippen LogP contribution in [0.15, 0.2) is 18.2 Å². The summed E-state index contributed by atoms with van der Waals surface area (Å²) in [5.41, 5.74) is 2.34. The molecule has 1 aliphatic carbocycles. The molecule has 0 amide bonds. The number of benzene rings is 1.